The topological polar surface area (TPSA) is 72.3 Å². The minimum absolute atomic E-state index is 0.180. The molecule has 0 amide bonds. The Hall–Kier alpha value is -2.43. The lowest BCUT2D eigenvalue weighted by Gasteiger charge is -2.07. The van der Waals surface area contributed by atoms with Crippen LogP contribution < -0.4 is 4.74 Å². The Morgan fingerprint density at radius 3 is 2.82 bits per heavy atom. The molecule has 5 heteroatoms. The normalized spacial score (nSPS) is 9.94. The third-order valence-corrected chi connectivity index (χ3v) is 2.20. The Kier molecular flexibility index (Phi) is 3.00. The van der Waals surface area contributed by atoms with Gasteiger partial charge in [-0.1, -0.05) is 6.07 Å². The molecule has 1 aromatic heterocycles. The number of carbonyl (C=O) groups is 1. The van der Waals surface area contributed by atoms with Crippen molar-refractivity contribution < 1.29 is 14.6 Å². The maximum Gasteiger partial charge on any atom is 0.335 e. The molecule has 0 aliphatic rings. The van der Waals surface area contributed by atoms with E-state index in [0.29, 0.717) is 11.6 Å². The van der Waals surface area contributed by atoms with Crippen LogP contribution in [0.4, 0.5) is 0 Å². The van der Waals surface area contributed by atoms with Crippen molar-refractivity contribution in [3.05, 3.63) is 47.9 Å². The minimum atomic E-state index is -0.988. The standard InChI is InChI=1S/C12H10N2O3/c1-8-2-3-9(12(15)16)6-10(8)17-11-4-5-13-7-14-11/h2-7H,1H3,(H,15,16). The monoisotopic (exact) mass is 230 g/mol. The summed E-state index contributed by atoms with van der Waals surface area (Å²) in [4.78, 5) is 18.5. The molecule has 0 saturated carbocycles. The fraction of sp³-hybridized carbons (Fsp3) is 0.0833. The van der Waals surface area contributed by atoms with Gasteiger partial charge in [0.2, 0.25) is 5.88 Å². The zero-order chi connectivity index (χ0) is 12.3. The Morgan fingerprint density at radius 1 is 1.35 bits per heavy atom. The van der Waals surface area contributed by atoms with Crippen molar-refractivity contribution in [1.82, 2.24) is 9.97 Å². The molecule has 0 atom stereocenters. The number of aromatic carboxylic acids is 1. The lowest BCUT2D eigenvalue weighted by molar-refractivity contribution is 0.0696. The third-order valence-electron chi connectivity index (χ3n) is 2.20. The second-order valence-corrected chi connectivity index (χ2v) is 3.44. The van der Waals surface area contributed by atoms with E-state index in [1.807, 2.05) is 6.92 Å². The number of aromatic nitrogens is 2. The van der Waals surface area contributed by atoms with Gasteiger partial charge in [-0.05, 0) is 24.6 Å². The Balaban J connectivity index is 2.32. The lowest BCUT2D eigenvalue weighted by Crippen LogP contribution is -1.98. The molecule has 0 radical (unpaired) electrons. The molecule has 0 bridgehead atoms. The highest BCUT2D eigenvalue weighted by Crippen LogP contribution is 2.24. The van der Waals surface area contributed by atoms with Gasteiger partial charge in [0, 0.05) is 12.3 Å². The molecule has 86 valence electrons. The molecule has 0 saturated heterocycles. The number of carboxylic acid groups (broad SMARTS) is 1. The fourth-order valence-corrected chi connectivity index (χ4v) is 1.29. The number of benzene rings is 1. The molecule has 1 N–H and O–H groups in total. The maximum atomic E-state index is 10.8. The van der Waals surface area contributed by atoms with E-state index in [2.05, 4.69) is 9.97 Å². The van der Waals surface area contributed by atoms with Gasteiger partial charge in [0.1, 0.15) is 12.1 Å². The average molecular weight is 230 g/mol. The van der Waals surface area contributed by atoms with Crippen LogP contribution in [-0.4, -0.2) is 21.0 Å². The molecular formula is C12H10N2O3. The first kappa shape index (κ1) is 11.1. The van der Waals surface area contributed by atoms with Crippen LogP contribution in [0.3, 0.4) is 0 Å². The van der Waals surface area contributed by atoms with E-state index in [0.717, 1.165) is 5.56 Å². The van der Waals surface area contributed by atoms with Crippen LogP contribution >= 0.6 is 0 Å². The number of rotatable bonds is 3. The van der Waals surface area contributed by atoms with E-state index in [1.165, 1.54) is 18.5 Å². The highest BCUT2D eigenvalue weighted by atomic mass is 16.5. The summed E-state index contributed by atoms with van der Waals surface area (Å²) in [6, 6.07) is 6.30. The molecule has 0 fully saturated rings. The van der Waals surface area contributed by atoms with Gasteiger partial charge in [0.05, 0.1) is 5.56 Å². The summed E-state index contributed by atoms with van der Waals surface area (Å²) in [7, 11) is 0. The van der Waals surface area contributed by atoms with Crippen LogP contribution in [0.5, 0.6) is 11.6 Å². The van der Waals surface area contributed by atoms with E-state index >= 15 is 0 Å². The Bertz CT molecular complexity index is 541. The number of nitrogens with zero attached hydrogens (tertiary/aromatic N) is 2. The van der Waals surface area contributed by atoms with Crippen molar-refractivity contribution in [1.29, 1.82) is 0 Å². The summed E-state index contributed by atoms with van der Waals surface area (Å²) in [5.41, 5.74) is 1.02. The first-order valence-corrected chi connectivity index (χ1v) is 4.94. The van der Waals surface area contributed by atoms with E-state index in [4.69, 9.17) is 9.84 Å². The maximum absolute atomic E-state index is 10.8. The number of hydrogen-bond acceptors (Lipinski definition) is 4. The molecule has 17 heavy (non-hydrogen) atoms. The summed E-state index contributed by atoms with van der Waals surface area (Å²) < 4.78 is 5.49. The van der Waals surface area contributed by atoms with Gasteiger partial charge >= 0.3 is 5.97 Å². The summed E-state index contributed by atoms with van der Waals surface area (Å²) in [5.74, 6) is -0.133. The fourth-order valence-electron chi connectivity index (χ4n) is 1.29. The van der Waals surface area contributed by atoms with E-state index < -0.39 is 5.97 Å². The molecule has 0 aliphatic carbocycles. The van der Waals surface area contributed by atoms with Gasteiger partial charge in [-0.2, -0.15) is 0 Å². The van der Waals surface area contributed by atoms with Crippen LogP contribution in [0.1, 0.15) is 15.9 Å². The summed E-state index contributed by atoms with van der Waals surface area (Å²) in [6.45, 7) is 1.84. The molecule has 1 heterocycles. The number of hydrogen-bond donors (Lipinski definition) is 1. The van der Waals surface area contributed by atoms with Crippen molar-refractivity contribution in [2.45, 2.75) is 6.92 Å². The molecule has 0 unspecified atom stereocenters. The first-order valence-electron chi connectivity index (χ1n) is 4.94. The van der Waals surface area contributed by atoms with Gasteiger partial charge in [-0.15, -0.1) is 0 Å². The summed E-state index contributed by atoms with van der Waals surface area (Å²) in [6.07, 6.45) is 2.92. The van der Waals surface area contributed by atoms with Crippen molar-refractivity contribution in [3.63, 3.8) is 0 Å². The highest BCUT2D eigenvalue weighted by Gasteiger charge is 2.08. The van der Waals surface area contributed by atoms with Gasteiger partial charge in [0.25, 0.3) is 0 Å². The van der Waals surface area contributed by atoms with Gasteiger partial charge < -0.3 is 9.84 Å². The van der Waals surface area contributed by atoms with Gasteiger partial charge in [0.15, 0.2) is 0 Å². The van der Waals surface area contributed by atoms with Crippen LogP contribution in [0.15, 0.2) is 36.8 Å². The molecular weight excluding hydrogens is 220 g/mol. The molecule has 0 spiro atoms. The zero-order valence-electron chi connectivity index (χ0n) is 9.12. The lowest BCUT2D eigenvalue weighted by atomic mass is 10.1. The Labute approximate surface area is 97.7 Å². The van der Waals surface area contributed by atoms with Crippen LogP contribution in [0.25, 0.3) is 0 Å². The molecule has 2 rings (SSSR count). The predicted octanol–water partition coefficient (Wildman–Crippen LogP) is 2.28. The van der Waals surface area contributed by atoms with Crippen molar-refractivity contribution in [3.8, 4) is 11.6 Å². The van der Waals surface area contributed by atoms with E-state index in [1.54, 1.807) is 18.3 Å². The molecule has 0 aliphatic heterocycles. The van der Waals surface area contributed by atoms with Crippen molar-refractivity contribution in [2.75, 3.05) is 0 Å². The smallest absolute Gasteiger partial charge is 0.335 e. The van der Waals surface area contributed by atoms with Crippen molar-refractivity contribution >= 4 is 5.97 Å². The van der Waals surface area contributed by atoms with Gasteiger partial charge in [-0.3, -0.25) is 0 Å². The Morgan fingerprint density at radius 2 is 2.18 bits per heavy atom. The van der Waals surface area contributed by atoms with Gasteiger partial charge in [-0.25, -0.2) is 14.8 Å². The highest BCUT2D eigenvalue weighted by molar-refractivity contribution is 5.88. The summed E-state index contributed by atoms with van der Waals surface area (Å²) in [5, 5.41) is 8.89. The van der Waals surface area contributed by atoms with Crippen LogP contribution in [-0.2, 0) is 0 Å². The van der Waals surface area contributed by atoms with Crippen LogP contribution in [0.2, 0.25) is 0 Å². The third kappa shape index (κ3) is 2.57. The molecule has 2 aromatic rings. The SMILES string of the molecule is Cc1ccc(C(=O)O)cc1Oc1ccncn1. The van der Waals surface area contributed by atoms with Crippen LogP contribution in [0, 0.1) is 6.92 Å². The quantitative estimate of drug-likeness (QED) is 0.875. The van der Waals surface area contributed by atoms with E-state index in [-0.39, 0.29) is 5.56 Å². The van der Waals surface area contributed by atoms with E-state index in [9.17, 15) is 4.79 Å². The number of ether oxygens (including phenoxy) is 1. The average Bonchev–Trinajstić information content (AvgIpc) is 2.33. The molecule has 5 nitrogen and oxygen atoms in total. The minimum Gasteiger partial charge on any atom is -0.478 e. The first-order chi connectivity index (χ1) is 8.16. The summed E-state index contributed by atoms with van der Waals surface area (Å²) >= 11 is 0. The number of aryl methyl sites for hydroxylation is 1. The molecule has 1 aromatic carbocycles. The second kappa shape index (κ2) is 4.61. The number of carboxylic acids is 1. The largest absolute Gasteiger partial charge is 0.478 e. The predicted molar refractivity (Wildman–Crippen MR) is 60.2 cm³/mol. The zero-order valence-corrected chi connectivity index (χ0v) is 9.12. The van der Waals surface area contributed by atoms with Crippen molar-refractivity contribution in [2.24, 2.45) is 0 Å². The second-order valence-electron chi connectivity index (χ2n) is 3.44.